The zero-order chi connectivity index (χ0) is 25.0. The number of nitrogens with zero attached hydrogens (tertiary/aromatic N) is 1. The van der Waals surface area contributed by atoms with Crippen LogP contribution in [0.3, 0.4) is 0 Å². The third-order valence-electron chi connectivity index (χ3n) is 5.21. The van der Waals surface area contributed by atoms with Crippen molar-refractivity contribution >= 4 is 35.5 Å². The minimum absolute atomic E-state index is 0.00901. The molecular weight excluding hydrogens is 452 g/mol. The van der Waals surface area contributed by atoms with Gasteiger partial charge in [-0.25, -0.2) is 9.78 Å². The minimum atomic E-state index is -1.53. The Labute approximate surface area is 196 Å². The molecule has 5 atom stereocenters. The minimum Gasteiger partial charge on any atom is -0.480 e. The second-order valence-electron chi connectivity index (χ2n) is 7.68. The topological polar surface area (TPSA) is 200 Å². The molecule has 1 aromatic rings. The first-order valence-corrected chi connectivity index (χ1v) is 12.0. The molecule has 1 aromatic heterocycles. The standard InChI is InChI=1S/C20H34N6O6S/c1-4-11(2)16(21)19(30)24-13(5-6-33-3)17(28)25-14(7-12-8-22-10-23-12)18(29)26-15(9-27)20(31)32/h8,10-11,13-16,27H,4-7,9,21H2,1-3H3,(H,22,23)(H,24,30)(H,25,28)(H,26,29)(H,31,32). The van der Waals surface area contributed by atoms with E-state index in [-0.39, 0.29) is 12.3 Å². The Hall–Kier alpha value is -2.64. The molecule has 0 saturated heterocycles. The van der Waals surface area contributed by atoms with Crippen LogP contribution in [0.5, 0.6) is 0 Å². The van der Waals surface area contributed by atoms with Gasteiger partial charge in [0.2, 0.25) is 17.7 Å². The lowest BCUT2D eigenvalue weighted by molar-refractivity contribution is -0.143. The number of hydrogen-bond acceptors (Lipinski definition) is 8. The molecule has 0 fully saturated rings. The number of nitrogens with one attached hydrogen (secondary N) is 4. The first-order chi connectivity index (χ1) is 15.6. The number of imidazole rings is 1. The fourth-order valence-corrected chi connectivity index (χ4v) is 3.31. The molecule has 5 unspecified atom stereocenters. The monoisotopic (exact) mass is 486 g/mol. The lowest BCUT2D eigenvalue weighted by Crippen LogP contribution is -2.58. The predicted molar refractivity (Wildman–Crippen MR) is 123 cm³/mol. The van der Waals surface area contributed by atoms with Gasteiger partial charge >= 0.3 is 5.97 Å². The van der Waals surface area contributed by atoms with Gasteiger partial charge in [0.15, 0.2) is 0 Å². The number of nitrogens with two attached hydrogens (primary N) is 1. The van der Waals surface area contributed by atoms with Crippen molar-refractivity contribution in [3.8, 4) is 0 Å². The fraction of sp³-hybridized carbons (Fsp3) is 0.650. The number of carbonyl (C=O) groups is 4. The quantitative estimate of drug-likeness (QED) is 0.156. The van der Waals surface area contributed by atoms with Crippen molar-refractivity contribution in [1.29, 1.82) is 0 Å². The summed E-state index contributed by atoms with van der Waals surface area (Å²) in [7, 11) is 0. The van der Waals surface area contributed by atoms with Crippen LogP contribution in [0.4, 0.5) is 0 Å². The van der Waals surface area contributed by atoms with Crippen molar-refractivity contribution in [2.24, 2.45) is 11.7 Å². The molecule has 13 heteroatoms. The Balaban J connectivity index is 3.01. The van der Waals surface area contributed by atoms with Gasteiger partial charge in [-0.15, -0.1) is 0 Å². The van der Waals surface area contributed by atoms with Gasteiger partial charge in [0, 0.05) is 18.3 Å². The largest absolute Gasteiger partial charge is 0.480 e. The van der Waals surface area contributed by atoms with Crippen LogP contribution in [-0.4, -0.2) is 86.7 Å². The van der Waals surface area contributed by atoms with E-state index in [0.29, 0.717) is 24.3 Å². The highest BCUT2D eigenvalue weighted by Gasteiger charge is 2.31. The van der Waals surface area contributed by atoms with Crippen LogP contribution in [0.25, 0.3) is 0 Å². The van der Waals surface area contributed by atoms with E-state index in [1.807, 2.05) is 20.1 Å². The Morgan fingerprint density at radius 3 is 2.24 bits per heavy atom. The highest BCUT2D eigenvalue weighted by Crippen LogP contribution is 2.08. The van der Waals surface area contributed by atoms with Crippen LogP contribution < -0.4 is 21.7 Å². The second-order valence-corrected chi connectivity index (χ2v) is 8.66. The molecule has 1 heterocycles. The molecule has 186 valence electrons. The van der Waals surface area contributed by atoms with Gasteiger partial charge in [0.1, 0.15) is 18.1 Å². The number of thioether (sulfide) groups is 1. The highest BCUT2D eigenvalue weighted by molar-refractivity contribution is 7.98. The van der Waals surface area contributed by atoms with Crippen LogP contribution in [0.2, 0.25) is 0 Å². The summed E-state index contributed by atoms with van der Waals surface area (Å²) >= 11 is 1.49. The van der Waals surface area contributed by atoms with E-state index in [1.54, 1.807) is 0 Å². The molecule has 0 radical (unpaired) electrons. The maximum atomic E-state index is 13.0. The molecule has 12 nitrogen and oxygen atoms in total. The van der Waals surface area contributed by atoms with E-state index >= 15 is 0 Å². The van der Waals surface area contributed by atoms with E-state index in [2.05, 4.69) is 25.9 Å². The van der Waals surface area contributed by atoms with Gasteiger partial charge < -0.3 is 36.9 Å². The van der Waals surface area contributed by atoms with Crippen molar-refractivity contribution in [1.82, 2.24) is 25.9 Å². The first kappa shape index (κ1) is 28.4. The number of carboxylic acid groups (broad SMARTS) is 1. The van der Waals surface area contributed by atoms with Crippen LogP contribution in [0, 0.1) is 5.92 Å². The lowest BCUT2D eigenvalue weighted by Gasteiger charge is -2.25. The van der Waals surface area contributed by atoms with Gasteiger partial charge in [-0.1, -0.05) is 20.3 Å². The van der Waals surface area contributed by atoms with Crippen molar-refractivity contribution in [2.75, 3.05) is 18.6 Å². The predicted octanol–water partition coefficient (Wildman–Crippen LogP) is -1.39. The normalized spacial score (nSPS) is 15.5. The van der Waals surface area contributed by atoms with Gasteiger partial charge in [-0.2, -0.15) is 11.8 Å². The second kappa shape index (κ2) is 14.5. The van der Waals surface area contributed by atoms with E-state index in [4.69, 9.17) is 10.8 Å². The number of hydrogen-bond donors (Lipinski definition) is 7. The summed E-state index contributed by atoms with van der Waals surface area (Å²) in [6.45, 7) is 2.93. The number of amides is 3. The number of rotatable bonds is 15. The molecule has 3 amide bonds. The van der Waals surface area contributed by atoms with Crippen molar-refractivity contribution < 1.29 is 29.4 Å². The molecule has 8 N–H and O–H groups in total. The van der Waals surface area contributed by atoms with Gasteiger partial charge in [0.25, 0.3) is 0 Å². The Kier molecular flexibility index (Phi) is 12.5. The fourth-order valence-electron chi connectivity index (χ4n) is 2.84. The summed E-state index contributed by atoms with van der Waals surface area (Å²) < 4.78 is 0. The SMILES string of the molecule is CCC(C)C(N)C(=O)NC(CCSC)C(=O)NC(Cc1cnc[nH]1)C(=O)NC(CO)C(=O)O. The van der Waals surface area contributed by atoms with Gasteiger partial charge in [-0.3, -0.25) is 14.4 Å². The molecule has 1 rings (SSSR count). The number of carbonyl (C=O) groups excluding carboxylic acids is 3. The number of aliphatic carboxylic acids is 1. The maximum absolute atomic E-state index is 13.0. The first-order valence-electron chi connectivity index (χ1n) is 10.6. The average molecular weight is 487 g/mol. The number of aliphatic hydroxyl groups excluding tert-OH is 1. The Morgan fingerprint density at radius 2 is 1.73 bits per heavy atom. The van der Waals surface area contributed by atoms with E-state index in [1.165, 1.54) is 24.3 Å². The van der Waals surface area contributed by atoms with Crippen LogP contribution in [-0.2, 0) is 25.6 Å². The number of aromatic nitrogens is 2. The molecule has 0 aliphatic heterocycles. The molecule has 0 aliphatic carbocycles. The van der Waals surface area contributed by atoms with E-state index in [0.717, 1.165) is 0 Å². The zero-order valence-corrected chi connectivity index (χ0v) is 19.9. The summed E-state index contributed by atoms with van der Waals surface area (Å²) in [6, 6.07) is -4.43. The molecular formula is C20H34N6O6S. The lowest BCUT2D eigenvalue weighted by atomic mass is 9.99. The number of aliphatic hydroxyl groups is 1. The van der Waals surface area contributed by atoms with E-state index < -0.39 is 54.5 Å². The summed E-state index contributed by atoms with van der Waals surface area (Å²) in [6.07, 6.45) is 5.71. The molecule has 0 saturated carbocycles. The molecule has 0 spiro atoms. The third kappa shape index (κ3) is 9.40. The summed E-state index contributed by atoms with van der Waals surface area (Å²) in [5.74, 6) is -2.80. The molecule has 0 bridgehead atoms. The number of aromatic amines is 1. The molecule has 0 aliphatic rings. The number of H-pyrrole nitrogens is 1. The van der Waals surface area contributed by atoms with Crippen LogP contribution >= 0.6 is 11.8 Å². The smallest absolute Gasteiger partial charge is 0.328 e. The van der Waals surface area contributed by atoms with Crippen LogP contribution in [0.15, 0.2) is 12.5 Å². The Morgan fingerprint density at radius 1 is 1.12 bits per heavy atom. The van der Waals surface area contributed by atoms with Crippen LogP contribution in [0.1, 0.15) is 32.4 Å². The van der Waals surface area contributed by atoms with Crippen molar-refractivity contribution in [2.45, 2.75) is 57.3 Å². The highest BCUT2D eigenvalue weighted by atomic mass is 32.2. The zero-order valence-electron chi connectivity index (χ0n) is 19.0. The van der Waals surface area contributed by atoms with E-state index in [9.17, 15) is 24.3 Å². The van der Waals surface area contributed by atoms with Gasteiger partial charge in [-0.05, 0) is 24.3 Å². The van der Waals surface area contributed by atoms with Gasteiger partial charge in [0.05, 0.1) is 19.0 Å². The average Bonchev–Trinajstić information content (AvgIpc) is 3.31. The summed E-state index contributed by atoms with van der Waals surface area (Å²) in [5.41, 5.74) is 6.51. The van der Waals surface area contributed by atoms with Crippen molar-refractivity contribution in [3.05, 3.63) is 18.2 Å². The molecule has 33 heavy (non-hydrogen) atoms. The Bertz CT molecular complexity index is 777. The van der Waals surface area contributed by atoms with Crippen molar-refractivity contribution in [3.63, 3.8) is 0 Å². The summed E-state index contributed by atoms with van der Waals surface area (Å²) in [5, 5.41) is 25.8. The maximum Gasteiger partial charge on any atom is 0.328 e. The molecule has 0 aromatic carbocycles. The summed E-state index contributed by atoms with van der Waals surface area (Å²) in [4.78, 5) is 56.2. The number of carboxylic acids is 1. The third-order valence-corrected chi connectivity index (χ3v) is 5.86.